The Bertz CT molecular complexity index is 2260. The second kappa shape index (κ2) is 14.9. The molecular formula is C45H42O8P2. The van der Waals surface area contributed by atoms with Crippen molar-refractivity contribution in [1.29, 1.82) is 0 Å². The van der Waals surface area contributed by atoms with Crippen LogP contribution in [0.25, 0.3) is 22.3 Å². The normalized spacial score (nSPS) is 19.3. The van der Waals surface area contributed by atoms with E-state index in [4.69, 9.17) is 18.5 Å². The number of hydrogen-bond donors (Lipinski definition) is 2. The number of fused-ring (bicyclic) bond motifs is 6. The van der Waals surface area contributed by atoms with E-state index in [0.29, 0.717) is 33.6 Å². The van der Waals surface area contributed by atoms with Crippen LogP contribution in [0.5, 0.6) is 23.0 Å². The first-order valence-electron chi connectivity index (χ1n) is 18.3. The van der Waals surface area contributed by atoms with Crippen LogP contribution in [0.3, 0.4) is 0 Å². The average molecular weight is 773 g/mol. The van der Waals surface area contributed by atoms with E-state index in [9.17, 15) is 19.3 Å². The minimum Gasteiger partial charge on any atom is -0.491 e. The Kier molecular flexibility index (Phi) is 9.96. The molecule has 0 aliphatic carbocycles. The summed E-state index contributed by atoms with van der Waals surface area (Å²) >= 11 is 0. The van der Waals surface area contributed by atoms with Crippen molar-refractivity contribution in [1.82, 2.24) is 0 Å². The summed E-state index contributed by atoms with van der Waals surface area (Å²) in [5.74, 6) is 2.28. The largest absolute Gasteiger partial charge is 0.491 e. The lowest BCUT2D eigenvalue weighted by Crippen LogP contribution is -2.28. The number of aliphatic hydroxyl groups excluding tert-OH is 2. The molecule has 0 spiro atoms. The van der Waals surface area contributed by atoms with Crippen LogP contribution in [0.15, 0.2) is 146 Å². The molecular weight excluding hydrogens is 730 g/mol. The summed E-state index contributed by atoms with van der Waals surface area (Å²) in [7, 11) is -6.78. The zero-order chi connectivity index (χ0) is 38.2. The van der Waals surface area contributed by atoms with Crippen LogP contribution in [-0.4, -0.2) is 48.0 Å². The van der Waals surface area contributed by atoms with Gasteiger partial charge in [-0.3, -0.25) is 9.13 Å². The Morgan fingerprint density at radius 3 is 1.25 bits per heavy atom. The maximum atomic E-state index is 14.1. The van der Waals surface area contributed by atoms with Gasteiger partial charge in [0, 0.05) is 16.5 Å². The standard InChI is InChI=1S/C45H42O8P2/c1-45(2,31-19-23-35(24-20-31)50-27-33(46)29-54(48)43-17-9-5-13-39(43)37-11-3-7-15-41(37)52-54)32-21-25-36(26-22-32)51-28-34(47)30-55(49)44-18-10-6-14-40(44)38-12-4-8-16-42(38)53-55/h3-26,33-34,46-47H,27-30H2,1-2H3. The maximum absolute atomic E-state index is 14.1. The van der Waals surface area contributed by atoms with Crippen molar-refractivity contribution in [2.24, 2.45) is 0 Å². The molecule has 0 saturated heterocycles. The molecule has 8 nitrogen and oxygen atoms in total. The smallest absolute Gasteiger partial charge is 0.280 e. The van der Waals surface area contributed by atoms with E-state index in [-0.39, 0.29) is 31.0 Å². The number of benzene rings is 6. The number of hydrogen-bond acceptors (Lipinski definition) is 8. The molecule has 6 aromatic carbocycles. The second-order valence-corrected chi connectivity index (χ2v) is 19.3. The van der Waals surface area contributed by atoms with E-state index >= 15 is 0 Å². The number of ether oxygens (including phenoxy) is 2. The molecule has 2 aliphatic heterocycles. The molecule has 0 saturated carbocycles. The minimum atomic E-state index is -3.39. The maximum Gasteiger partial charge on any atom is 0.280 e. The zero-order valence-electron chi connectivity index (χ0n) is 30.6. The highest BCUT2D eigenvalue weighted by molar-refractivity contribution is 7.68. The first kappa shape index (κ1) is 36.9. The quantitative estimate of drug-likeness (QED) is 0.119. The monoisotopic (exact) mass is 772 g/mol. The van der Waals surface area contributed by atoms with E-state index in [1.54, 1.807) is 12.1 Å². The van der Waals surface area contributed by atoms with Gasteiger partial charge in [-0.05, 0) is 70.8 Å². The topological polar surface area (TPSA) is 112 Å². The Balaban J connectivity index is 0.857. The molecule has 0 bridgehead atoms. The van der Waals surface area contributed by atoms with Gasteiger partial charge < -0.3 is 28.7 Å². The van der Waals surface area contributed by atoms with Gasteiger partial charge in [0.15, 0.2) is 0 Å². The highest BCUT2D eigenvalue weighted by atomic mass is 31.2. The van der Waals surface area contributed by atoms with E-state index < -0.39 is 26.9 Å². The highest BCUT2D eigenvalue weighted by Crippen LogP contribution is 2.56. The third-order valence-corrected chi connectivity index (χ3v) is 15.4. The Morgan fingerprint density at radius 1 is 0.509 bits per heavy atom. The average Bonchev–Trinajstić information content (AvgIpc) is 3.20. The summed E-state index contributed by atoms with van der Waals surface area (Å²) in [5, 5.41) is 23.1. The van der Waals surface area contributed by atoms with Crippen molar-refractivity contribution < 1.29 is 37.9 Å². The molecule has 0 aromatic heterocycles. The van der Waals surface area contributed by atoms with Gasteiger partial charge in [-0.2, -0.15) is 0 Å². The third-order valence-electron chi connectivity index (χ3n) is 10.3. The molecule has 2 heterocycles. The van der Waals surface area contributed by atoms with E-state index in [0.717, 1.165) is 33.4 Å². The summed E-state index contributed by atoms with van der Waals surface area (Å²) in [6.07, 6.45) is -2.16. The molecule has 8 rings (SSSR count). The van der Waals surface area contributed by atoms with Crippen LogP contribution in [-0.2, 0) is 14.5 Å². The van der Waals surface area contributed by atoms with Gasteiger partial charge in [0.25, 0.3) is 14.7 Å². The molecule has 2 aliphatic rings. The number of aliphatic hydroxyl groups is 2. The van der Waals surface area contributed by atoms with Crippen molar-refractivity contribution in [2.75, 3.05) is 25.5 Å². The van der Waals surface area contributed by atoms with Gasteiger partial charge in [0.1, 0.15) is 36.2 Å². The van der Waals surface area contributed by atoms with Crippen LogP contribution in [0.2, 0.25) is 0 Å². The van der Waals surface area contributed by atoms with E-state index in [2.05, 4.69) is 13.8 Å². The van der Waals surface area contributed by atoms with Gasteiger partial charge in [0.2, 0.25) is 0 Å². The lowest BCUT2D eigenvalue weighted by atomic mass is 9.78. The SMILES string of the molecule is CC(C)(c1ccc(OCC(O)CP2(=O)Oc3ccccc3-c3ccccc32)cc1)c1ccc(OCC(O)CP2(=O)Oc3ccccc3-c3ccccc32)cc1. The molecule has 4 unspecified atom stereocenters. The fraction of sp³-hybridized carbons (Fsp3) is 0.200. The second-order valence-electron chi connectivity index (χ2n) is 14.5. The number of rotatable bonds is 12. The molecule has 10 heteroatoms. The van der Waals surface area contributed by atoms with Crippen molar-refractivity contribution in [2.45, 2.75) is 31.5 Å². The van der Waals surface area contributed by atoms with Crippen LogP contribution in [0.4, 0.5) is 0 Å². The van der Waals surface area contributed by atoms with Gasteiger partial charge in [-0.15, -0.1) is 0 Å². The van der Waals surface area contributed by atoms with Crippen molar-refractivity contribution >= 4 is 25.3 Å². The first-order valence-corrected chi connectivity index (χ1v) is 21.9. The Morgan fingerprint density at radius 2 is 0.855 bits per heavy atom. The predicted molar refractivity (Wildman–Crippen MR) is 217 cm³/mol. The molecule has 0 amide bonds. The molecule has 2 N–H and O–H groups in total. The van der Waals surface area contributed by atoms with Crippen LogP contribution < -0.4 is 29.1 Å². The molecule has 0 radical (unpaired) electrons. The van der Waals surface area contributed by atoms with Crippen molar-refractivity contribution in [3.63, 3.8) is 0 Å². The molecule has 0 fully saturated rings. The van der Waals surface area contributed by atoms with Gasteiger partial charge in [-0.25, -0.2) is 0 Å². The molecule has 55 heavy (non-hydrogen) atoms. The predicted octanol–water partition coefficient (Wildman–Crippen LogP) is 8.82. The van der Waals surface area contributed by atoms with Crippen LogP contribution in [0.1, 0.15) is 25.0 Å². The highest BCUT2D eigenvalue weighted by Gasteiger charge is 2.39. The first-order chi connectivity index (χ1) is 26.5. The summed E-state index contributed by atoms with van der Waals surface area (Å²) in [6.45, 7) is 4.17. The zero-order valence-corrected chi connectivity index (χ0v) is 32.4. The van der Waals surface area contributed by atoms with Crippen LogP contribution in [0, 0.1) is 0 Å². The lowest BCUT2D eigenvalue weighted by Gasteiger charge is -2.30. The van der Waals surface area contributed by atoms with Crippen molar-refractivity contribution in [3.05, 3.63) is 157 Å². The molecule has 280 valence electrons. The van der Waals surface area contributed by atoms with E-state index in [1.807, 2.05) is 133 Å². The van der Waals surface area contributed by atoms with Gasteiger partial charge in [0.05, 0.1) is 35.1 Å². The van der Waals surface area contributed by atoms with E-state index in [1.165, 1.54) is 0 Å². The fourth-order valence-corrected chi connectivity index (χ4v) is 12.1. The molecule has 4 atom stereocenters. The lowest BCUT2D eigenvalue weighted by molar-refractivity contribution is 0.123. The van der Waals surface area contributed by atoms with Gasteiger partial charge >= 0.3 is 0 Å². The fourth-order valence-electron chi connectivity index (χ4n) is 7.37. The number of para-hydroxylation sites is 2. The van der Waals surface area contributed by atoms with Gasteiger partial charge in [-0.1, -0.05) is 111 Å². The summed E-state index contributed by atoms with van der Waals surface area (Å²) in [4.78, 5) is 0. The summed E-state index contributed by atoms with van der Waals surface area (Å²) < 4.78 is 52.2. The Hall–Kier alpha value is -5.10. The third kappa shape index (κ3) is 7.36. The molecule has 6 aromatic rings. The van der Waals surface area contributed by atoms with Crippen molar-refractivity contribution in [3.8, 4) is 45.3 Å². The Labute approximate surface area is 321 Å². The summed E-state index contributed by atoms with van der Waals surface area (Å²) in [5.41, 5.74) is 5.24. The minimum absolute atomic E-state index is 0.0398. The summed E-state index contributed by atoms with van der Waals surface area (Å²) in [6, 6.07) is 45.4. The van der Waals surface area contributed by atoms with Crippen LogP contribution >= 0.6 is 14.7 Å².